The van der Waals surface area contributed by atoms with E-state index in [4.69, 9.17) is 5.73 Å². The molecule has 2 aromatic rings. The predicted octanol–water partition coefficient (Wildman–Crippen LogP) is 1.35. The zero-order valence-corrected chi connectivity index (χ0v) is 12.1. The quantitative estimate of drug-likeness (QED) is 0.926. The summed E-state index contributed by atoms with van der Waals surface area (Å²) in [6.07, 6.45) is 4.05. The van der Waals surface area contributed by atoms with Gasteiger partial charge in [-0.15, -0.1) is 0 Å². The van der Waals surface area contributed by atoms with E-state index in [1.165, 1.54) is 4.31 Å². The third-order valence-corrected chi connectivity index (χ3v) is 5.80. The van der Waals surface area contributed by atoms with E-state index in [0.717, 1.165) is 11.8 Å². The van der Waals surface area contributed by atoms with Crippen LogP contribution in [0.5, 0.6) is 0 Å². The van der Waals surface area contributed by atoms with E-state index in [2.05, 4.69) is 4.98 Å². The summed E-state index contributed by atoms with van der Waals surface area (Å²) in [5.41, 5.74) is 5.69. The van der Waals surface area contributed by atoms with E-state index in [9.17, 15) is 8.42 Å². The number of benzene rings is 1. The largest absolute Gasteiger partial charge is 0.323 e. The summed E-state index contributed by atoms with van der Waals surface area (Å²) < 4.78 is 26.8. The van der Waals surface area contributed by atoms with Crippen molar-refractivity contribution in [3.8, 4) is 0 Å². The number of sulfonamides is 1. The van der Waals surface area contributed by atoms with Crippen molar-refractivity contribution in [3.63, 3.8) is 0 Å². The molecule has 0 unspecified atom stereocenters. The first kappa shape index (κ1) is 13.5. The van der Waals surface area contributed by atoms with E-state index in [0.29, 0.717) is 23.4 Å². The normalized spacial score (nSPS) is 18.9. The van der Waals surface area contributed by atoms with Gasteiger partial charge in [0.2, 0.25) is 10.0 Å². The van der Waals surface area contributed by atoms with Gasteiger partial charge in [0, 0.05) is 41.8 Å². The maximum atomic E-state index is 12.7. The Balaban J connectivity index is 2.03. The molecule has 6 heteroatoms. The van der Waals surface area contributed by atoms with Crippen LogP contribution in [0.2, 0.25) is 0 Å². The van der Waals surface area contributed by atoms with Crippen molar-refractivity contribution in [2.45, 2.75) is 23.8 Å². The summed E-state index contributed by atoms with van der Waals surface area (Å²) in [6.45, 7) is 2.74. The minimum atomic E-state index is -3.48. The average Bonchev–Trinajstić information content (AvgIpc) is 2.43. The highest BCUT2D eigenvalue weighted by Crippen LogP contribution is 2.31. The number of fused-ring (bicyclic) bond motifs is 1. The standard InChI is InChI=1S/C14H17N3O2S/c1-2-14(15)9-17(10-14)20(18,19)13-5-3-4-11-8-16-7-6-12(11)13/h3-8H,2,9-10,15H2,1H3. The minimum Gasteiger partial charge on any atom is -0.323 e. The Morgan fingerprint density at radius 3 is 2.80 bits per heavy atom. The van der Waals surface area contributed by atoms with Gasteiger partial charge in [-0.1, -0.05) is 19.1 Å². The number of hydrogen-bond donors (Lipinski definition) is 1. The van der Waals surface area contributed by atoms with Gasteiger partial charge in [0.25, 0.3) is 0 Å². The van der Waals surface area contributed by atoms with Gasteiger partial charge in [0.1, 0.15) is 0 Å². The Kier molecular flexibility index (Phi) is 3.04. The monoisotopic (exact) mass is 291 g/mol. The second-order valence-electron chi connectivity index (χ2n) is 5.34. The van der Waals surface area contributed by atoms with Crippen LogP contribution in [-0.4, -0.2) is 36.3 Å². The Bertz CT molecular complexity index is 747. The van der Waals surface area contributed by atoms with E-state index in [-0.39, 0.29) is 5.54 Å². The van der Waals surface area contributed by atoms with Gasteiger partial charge in [-0.3, -0.25) is 4.98 Å². The Morgan fingerprint density at radius 2 is 2.10 bits per heavy atom. The van der Waals surface area contributed by atoms with Crippen molar-refractivity contribution in [1.82, 2.24) is 9.29 Å². The lowest BCUT2D eigenvalue weighted by Crippen LogP contribution is -2.68. The zero-order chi connectivity index (χ0) is 14.4. The van der Waals surface area contributed by atoms with Gasteiger partial charge < -0.3 is 5.73 Å². The smallest absolute Gasteiger partial charge is 0.243 e. The molecule has 0 radical (unpaired) electrons. The summed E-state index contributed by atoms with van der Waals surface area (Å²) in [5.74, 6) is 0. The molecule has 2 N–H and O–H groups in total. The van der Waals surface area contributed by atoms with E-state index < -0.39 is 10.0 Å². The minimum absolute atomic E-state index is 0.329. The number of nitrogens with two attached hydrogens (primary N) is 1. The van der Waals surface area contributed by atoms with Crippen molar-refractivity contribution in [2.24, 2.45) is 5.73 Å². The molecule has 1 saturated heterocycles. The summed E-state index contributed by atoms with van der Waals surface area (Å²) in [5, 5.41) is 1.53. The first-order valence-electron chi connectivity index (χ1n) is 6.58. The molecular weight excluding hydrogens is 274 g/mol. The van der Waals surface area contributed by atoms with Crippen LogP contribution in [0.4, 0.5) is 0 Å². The molecule has 20 heavy (non-hydrogen) atoms. The van der Waals surface area contributed by atoms with Crippen LogP contribution >= 0.6 is 0 Å². The molecule has 1 aromatic carbocycles. The molecule has 0 aliphatic carbocycles. The molecule has 2 heterocycles. The molecule has 1 fully saturated rings. The predicted molar refractivity (Wildman–Crippen MR) is 77.7 cm³/mol. The number of rotatable bonds is 3. The third kappa shape index (κ3) is 2.00. The van der Waals surface area contributed by atoms with Crippen LogP contribution in [0.25, 0.3) is 10.8 Å². The van der Waals surface area contributed by atoms with E-state index in [1.807, 2.05) is 13.0 Å². The molecule has 0 saturated carbocycles. The van der Waals surface area contributed by atoms with Crippen LogP contribution in [0, 0.1) is 0 Å². The lowest BCUT2D eigenvalue weighted by atomic mass is 9.91. The second-order valence-corrected chi connectivity index (χ2v) is 7.25. The Labute approximate surface area is 118 Å². The van der Waals surface area contributed by atoms with Crippen LogP contribution in [-0.2, 0) is 10.0 Å². The molecule has 0 bridgehead atoms. The van der Waals surface area contributed by atoms with Gasteiger partial charge >= 0.3 is 0 Å². The first-order chi connectivity index (χ1) is 9.46. The molecule has 1 aromatic heterocycles. The van der Waals surface area contributed by atoms with Crippen molar-refractivity contribution in [3.05, 3.63) is 36.7 Å². The summed E-state index contributed by atoms with van der Waals surface area (Å²) >= 11 is 0. The molecule has 106 valence electrons. The number of hydrogen-bond acceptors (Lipinski definition) is 4. The summed E-state index contributed by atoms with van der Waals surface area (Å²) in [6, 6.07) is 6.97. The number of pyridine rings is 1. The molecule has 0 atom stereocenters. The zero-order valence-electron chi connectivity index (χ0n) is 11.3. The van der Waals surface area contributed by atoms with E-state index >= 15 is 0 Å². The SMILES string of the molecule is CCC1(N)CN(S(=O)(=O)c2cccc3cnccc23)C1. The fourth-order valence-corrected chi connectivity index (χ4v) is 4.35. The molecule has 3 rings (SSSR count). The third-order valence-electron chi connectivity index (χ3n) is 3.95. The van der Waals surface area contributed by atoms with Gasteiger partial charge in [0.15, 0.2) is 0 Å². The highest BCUT2D eigenvalue weighted by Gasteiger charge is 2.44. The lowest BCUT2D eigenvalue weighted by Gasteiger charge is -2.46. The maximum absolute atomic E-state index is 12.7. The van der Waals surface area contributed by atoms with Gasteiger partial charge in [0.05, 0.1) is 4.90 Å². The second kappa shape index (κ2) is 4.51. The van der Waals surface area contributed by atoms with Gasteiger partial charge in [-0.2, -0.15) is 4.31 Å². The fraction of sp³-hybridized carbons (Fsp3) is 0.357. The van der Waals surface area contributed by atoms with Gasteiger partial charge in [-0.25, -0.2) is 8.42 Å². The van der Waals surface area contributed by atoms with Crippen LogP contribution in [0.1, 0.15) is 13.3 Å². The number of aromatic nitrogens is 1. The van der Waals surface area contributed by atoms with Crippen LogP contribution in [0.3, 0.4) is 0 Å². The summed E-state index contributed by atoms with van der Waals surface area (Å²) in [4.78, 5) is 4.35. The summed E-state index contributed by atoms with van der Waals surface area (Å²) in [7, 11) is -3.48. The van der Waals surface area contributed by atoms with Crippen LogP contribution < -0.4 is 5.73 Å². The molecular formula is C14H17N3O2S. The molecule has 1 aliphatic rings. The molecule has 0 spiro atoms. The van der Waals surface area contributed by atoms with Crippen molar-refractivity contribution >= 4 is 20.8 Å². The highest BCUT2D eigenvalue weighted by molar-refractivity contribution is 7.89. The van der Waals surface area contributed by atoms with Crippen LogP contribution in [0.15, 0.2) is 41.6 Å². The molecule has 5 nitrogen and oxygen atoms in total. The topological polar surface area (TPSA) is 76.3 Å². The van der Waals surface area contributed by atoms with Crippen molar-refractivity contribution in [1.29, 1.82) is 0 Å². The van der Waals surface area contributed by atoms with E-state index in [1.54, 1.807) is 30.6 Å². The fourth-order valence-electron chi connectivity index (χ4n) is 2.51. The average molecular weight is 291 g/mol. The highest BCUT2D eigenvalue weighted by atomic mass is 32.2. The molecule has 0 amide bonds. The maximum Gasteiger partial charge on any atom is 0.243 e. The Morgan fingerprint density at radius 1 is 1.35 bits per heavy atom. The first-order valence-corrected chi connectivity index (χ1v) is 8.02. The van der Waals surface area contributed by atoms with Gasteiger partial charge in [-0.05, 0) is 18.6 Å². The van der Waals surface area contributed by atoms with Crippen molar-refractivity contribution < 1.29 is 8.42 Å². The molecule has 1 aliphatic heterocycles. The van der Waals surface area contributed by atoms with Crippen molar-refractivity contribution in [2.75, 3.05) is 13.1 Å². The Hall–Kier alpha value is -1.50. The lowest BCUT2D eigenvalue weighted by molar-refractivity contribution is 0.153. The number of nitrogens with zero attached hydrogens (tertiary/aromatic N) is 2.